The average molecular weight is 215 g/mol. The highest BCUT2D eigenvalue weighted by Crippen LogP contribution is 1.90. The van der Waals surface area contributed by atoms with Crippen LogP contribution in [-0.4, -0.2) is 24.5 Å². The van der Waals surface area contributed by atoms with E-state index in [0.717, 1.165) is 0 Å². The highest BCUT2D eigenvalue weighted by molar-refractivity contribution is 5.93. The van der Waals surface area contributed by atoms with Gasteiger partial charge in [-0.2, -0.15) is 0 Å². The van der Waals surface area contributed by atoms with Gasteiger partial charge in [-0.05, 0) is 13.8 Å². The highest BCUT2D eigenvalue weighted by Gasteiger charge is 2.07. The number of nitrogens with one attached hydrogen (secondary N) is 1. The minimum absolute atomic E-state index is 0.242. The van der Waals surface area contributed by atoms with Crippen LogP contribution in [0.4, 0.5) is 0 Å². The molecule has 0 radical (unpaired) electrons. The second kappa shape index (κ2) is 6.72. The number of esters is 1. The van der Waals surface area contributed by atoms with E-state index in [4.69, 9.17) is 0 Å². The first-order valence-electron chi connectivity index (χ1n) is 4.18. The molecule has 0 aliphatic heterocycles. The van der Waals surface area contributed by atoms with Crippen molar-refractivity contribution in [2.45, 2.75) is 20.3 Å². The molecule has 0 rings (SSSR count). The third-order valence-corrected chi connectivity index (χ3v) is 1.19. The summed E-state index contributed by atoms with van der Waals surface area (Å²) in [4.78, 5) is 36.4. The predicted molar refractivity (Wildman–Crippen MR) is 50.3 cm³/mol. The fourth-order valence-corrected chi connectivity index (χ4v) is 0.568. The molecule has 0 unspecified atom stereocenters. The highest BCUT2D eigenvalue weighted by atomic mass is 16.7. The monoisotopic (exact) mass is 215 g/mol. The lowest BCUT2D eigenvalue weighted by atomic mass is 10.3. The molecule has 15 heavy (non-hydrogen) atoms. The van der Waals surface area contributed by atoms with Crippen LogP contribution >= 0.6 is 0 Å². The number of Topliss-reactive ketones (excluding diaryl/α,β-unsaturated/α-hetero) is 1. The number of carbonyl (C=O) groups is 3. The molecular formula is C9H13NO5. The fourth-order valence-electron chi connectivity index (χ4n) is 0.568. The Bertz CT molecular complexity index is 284. The van der Waals surface area contributed by atoms with Crippen molar-refractivity contribution in [2.24, 2.45) is 0 Å². The summed E-state index contributed by atoms with van der Waals surface area (Å²) in [5.41, 5.74) is 2.33. The SMILES string of the molecule is C=C(C)C(=O)OCNOC(=O)CC(C)=O. The van der Waals surface area contributed by atoms with E-state index >= 15 is 0 Å². The molecule has 0 amide bonds. The lowest BCUT2D eigenvalue weighted by Gasteiger charge is -2.05. The van der Waals surface area contributed by atoms with Crippen LogP contribution in [0.1, 0.15) is 20.3 Å². The molecule has 6 heteroatoms. The molecule has 6 nitrogen and oxygen atoms in total. The van der Waals surface area contributed by atoms with E-state index < -0.39 is 11.9 Å². The molecule has 84 valence electrons. The van der Waals surface area contributed by atoms with Crippen LogP contribution in [0.2, 0.25) is 0 Å². The van der Waals surface area contributed by atoms with Gasteiger partial charge in [0.15, 0.2) is 6.73 Å². The van der Waals surface area contributed by atoms with E-state index in [2.05, 4.69) is 21.6 Å². The summed E-state index contributed by atoms with van der Waals surface area (Å²) >= 11 is 0. The van der Waals surface area contributed by atoms with Crippen LogP contribution in [-0.2, 0) is 24.0 Å². The van der Waals surface area contributed by atoms with Crippen LogP contribution in [0.3, 0.4) is 0 Å². The van der Waals surface area contributed by atoms with Crippen LogP contribution in [0.5, 0.6) is 0 Å². The third kappa shape index (κ3) is 7.39. The minimum Gasteiger partial charge on any atom is -0.443 e. The van der Waals surface area contributed by atoms with E-state index in [1.807, 2.05) is 0 Å². The summed E-state index contributed by atoms with van der Waals surface area (Å²) in [5, 5.41) is 0. The quantitative estimate of drug-likeness (QED) is 0.169. The lowest BCUT2D eigenvalue weighted by Crippen LogP contribution is -2.25. The summed E-state index contributed by atoms with van der Waals surface area (Å²) in [6.45, 7) is 5.83. The zero-order valence-electron chi connectivity index (χ0n) is 8.66. The molecule has 0 fully saturated rings. The summed E-state index contributed by atoms with van der Waals surface area (Å²) < 4.78 is 4.55. The van der Waals surface area contributed by atoms with Gasteiger partial charge >= 0.3 is 11.9 Å². The molecule has 0 bridgehead atoms. The van der Waals surface area contributed by atoms with E-state index in [9.17, 15) is 14.4 Å². The predicted octanol–water partition coefficient (Wildman–Crippen LogP) is 0.0901. The molecule has 0 saturated carbocycles. The number of hydrogen-bond acceptors (Lipinski definition) is 6. The number of ketones is 1. The van der Waals surface area contributed by atoms with Crippen molar-refractivity contribution in [1.29, 1.82) is 0 Å². The maximum absolute atomic E-state index is 10.8. The number of carbonyl (C=O) groups excluding carboxylic acids is 3. The standard InChI is InChI=1S/C9H13NO5/c1-6(2)9(13)14-5-10-15-8(12)4-7(3)11/h10H,1,4-5H2,2-3H3. The van der Waals surface area contributed by atoms with E-state index in [1.165, 1.54) is 13.8 Å². The van der Waals surface area contributed by atoms with Gasteiger partial charge in [-0.25, -0.2) is 9.59 Å². The van der Waals surface area contributed by atoms with Gasteiger partial charge in [-0.15, -0.1) is 5.48 Å². The van der Waals surface area contributed by atoms with E-state index in [-0.39, 0.29) is 24.5 Å². The van der Waals surface area contributed by atoms with Crippen molar-refractivity contribution in [3.8, 4) is 0 Å². The molecule has 0 atom stereocenters. The van der Waals surface area contributed by atoms with Gasteiger partial charge in [-0.1, -0.05) is 6.58 Å². The Morgan fingerprint density at radius 1 is 1.27 bits per heavy atom. The fraction of sp³-hybridized carbons (Fsp3) is 0.444. The van der Waals surface area contributed by atoms with Gasteiger partial charge in [0, 0.05) is 5.57 Å². The Hall–Kier alpha value is -1.69. The van der Waals surface area contributed by atoms with Gasteiger partial charge in [-0.3, -0.25) is 4.79 Å². The molecule has 0 aromatic carbocycles. The van der Waals surface area contributed by atoms with E-state index in [1.54, 1.807) is 0 Å². The maximum Gasteiger partial charge on any atom is 0.334 e. The van der Waals surface area contributed by atoms with Crippen molar-refractivity contribution in [3.05, 3.63) is 12.2 Å². The summed E-state index contributed by atoms with van der Waals surface area (Å²) in [7, 11) is 0. The molecule has 0 aliphatic carbocycles. The molecular weight excluding hydrogens is 202 g/mol. The number of rotatable bonds is 6. The summed E-state index contributed by atoms with van der Waals surface area (Å²) in [6.07, 6.45) is -0.318. The van der Waals surface area contributed by atoms with Crippen LogP contribution in [0.15, 0.2) is 12.2 Å². The van der Waals surface area contributed by atoms with Gasteiger partial charge in [0.25, 0.3) is 0 Å². The smallest absolute Gasteiger partial charge is 0.334 e. The topological polar surface area (TPSA) is 81.7 Å². The largest absolute Gasteiger partial charge is 0.443 e. The Balaban J connectivity index is 3.55. The Kier molecular flexibility index (Phi) is 5.96. The first kappa shape index (κ1) is 13.3. The second-order valence-corrected chi connectivity index (χ2v) is 2.85. The Labute approximate surface area is 87.2 Å². The lowest BCUT2D eigenvalue weighted by molar-refractivity contribution is -0.161. The van der Waals surface area contributed by atoms with Gasteiger partial charge in [0.2, 0.25) is 0 Å². The summed E-state index contributed by atoms with van der Waals surface area (Å²) in [6, 6.07) is 0. The van der Waals surface area contributed by atoms with Gasteiger partial charge < -0.3 is 9.57 Å². The molecule has 1 N–H and O–H groups in total. The average Bonchev–Trinajstić information content (AvgIpc) is 2.10. The minimum atomic E-state index is -0.728. The third-order valence-electron chi connectivity index (χ3n) is 1.19. The van der Waals surface area contributed by atoms with Crippen molar-refractivity contribution in [3.63, 3.8) is 0 Å². The van der Waals surface area contributed by atoms with Gasteiger partial charge in [0.1, 0.15) is 12.2 Å². The Morgan fingerprint density at radius 3 is 2.33 bits per heavy atom. The van der Waals surface area contributed by atoms with Crippen LogP contribution < -0.4 is 5.48 Å². The van der Waals surface area contributed by atoms with Gasteiger partial charge in [0.05, 0.1) is 0 Å². The van der Waals surface area contributed by atoms with Crippen molar-refractivity contribution >= 4 is 17.7 Å². The normalized spacial score (nSPS) is 9.20. The molecule has 0 saturated heterocycles. The number of hydroxylamine groups is 1. The summed E-state index contributed by atoms with van der Waals surface area (Å²) in [5.74, 6) is -1.63. The van der Waals surface area contributed by atoms with Crippen LogP contribution in [0.25, 0.3) is 0 Å². The number of ether oxygens (including phenoxy) is 1. The zero-order valence-corrected chi connectivity index (χ0v) is 8.66. The molecule has 0 spiro atoms. The van der Waals surface area contributed by atoms with Crippen molar-refractivity contribution in [1.82, 2.24) is 5.48 Å². The second-order valence-electron chi connectivity index (χ2n) is 2.85. The van der Waals surface area contributed by atoms with Crippen molar-refractivity contribution < 1.29 is 24.0 Å². The zero-order chi connectivity index (χ0) is 11.8. The maximum atomic E-state index is 10.8. The number of hydrogen-bond donors (Lipinski definition) is 1. The Morgan fingerprint density at radius 2 is 1.87 bits per heavy atom. The molecule has 0 aromatic rings. The molecule has 0 aliphatic rings. The molecule has 0 aromatic heterocycles. The van der Waals surface area contributed by atoms with Crippen LogP contribution in [0, 0.1) is 0 Å². The molecule has 0 heterocycles. The van der Waals surface area contributed by atoms with E-state index in [0.29, 0.717) is 0 Å². The first-order chi connectivity index (χ1) is 6.93. The first-order valence-corrected chi connectivity index (χ1v) is 4.18. The van der Waals surface area contributed by atoms with Crippen molar-refractivity contribution in [2.75, 3.05) is 6.73 Å².